The van der Waals surface area contributed by atoms with Crippen LogP contribution in [0, 0.1) is 5.92 Å². The first kappa shape index (κ1) is 15.9. The van der Waals surface area contributed by atoms with Gasteiger partial charge in [-0.25, -0.2) is 4.98 Å². The number of carbonyl (C=O) groups is 2. The molecule has 0 aliphatic carbocycles. The summed E-state index contributed by atoms with van der Waals surface area (Å²) >= 11 is 1.43. The zero-order valence-corrected chi connectivity index (χ0v) is 13.9. The molecular formula is C16H20N4O2S. The Balaban J connectivity index is 1.64. The highest BCUT2D eigenvalue weighted by molar-refractivity contribution is 7.99. The second-order valence-corrected chi connectivity index (χ2v) is 6.75. The highest BCUT2D eigenvalue weighted by atomic mass is 32.2. The third-order valence-corrected chi connectivity index (χ3v) is 5.26. The molecule has 23 heavy (non-hydrogen) atoms. The molecule has 0 saturated carbocycles. The lowest BCUT2D eigenvalue weighted by atomic mass is 9.97. The van der Waals surface area contributed by atoms with Crippen LogP contribution in [0.4, 0.5) is 0 Å². The first-order valence-corrected chi connectivity index (χ1v) is 8.66. The number of piperidine rings is 1. The predicted molar refractivity (Wildman–Crippen MR) is 89.9 cm³/mol. The summed E-state index contributed by atoms with van der Waals surface area (Å²) in [6, 6.07) is 7.90. The van der Waals surface area contributed by atoms with Crippen molar-refractivity contribution >= 4 is 34.6 Å². The molecule has 2 heterocycles. The van der Waals surface area contributed by atoms with Gasteiger partial charge < -0.3 is 15.2 Å². The minimum Gasteiger partial charge on any atom is -0.369 e. The Bertz CT molecular complexity index is 743. The van der Waals surface area contributed by atoms with Crippen LogP contribution in [0.15, 0.2) is 29.4 Å². The van der Waals surface area contributed by atoms with E-state index < -0.39 is 0 Å². The number of nitrogens with two attached hydrogens (primary N) is 1. The van der Waals surface area contributed by atoms with Crippen molar-refractivity contribution in [2.24, 2.45) is 18.7 Å². The van der Waals surface area contributed by atoms with Crippen LogP contribution in [0.5, 0.6) is 0 Å². The zero-order chi connectivity index (χ0) is 16.4. The number of carbonyl (C=O) groups excluding carboxylic acids is 2. The molecule has 2 N–H and O–H groups in total. The molecule has 1 aliphatic rings. The minimum atomic E-state index is -0.314. The number of fused-ring (bicyclic) bond motifs is 1. The number of aryl methyl sites for hydroxylation is 1. The van der Waals surface area contributed by atoms with E-state index in [-0.39, 0.29) is 17.7 Å². The molecule has 1 fully saturated rings. The summed E-state index contributed by atoms with van der Waals surface area (Å²) in [4.78, 5) is 30.0. The van der Waals surface area contributed by atoms with E-state index >= 15 is 0 Å². The van der Waals surface area contributed by atoms with E-state index in [4.69, 9.17) is 5.73 Å². The Morgan fingerprint density at radius 3 is 2.91 bits per heavy atom. The Morgan fingerprint density at radius 1 is 1.39 bits per heavy atom. The Labute approximate surface area is 139 Å². The maximum absolute atomic E-state index is 12.4. The molecule has 0 spiro atoms. The molecule has 2 amide bonds. The van der Waals surface area contributed by atoms with Gasteiger partial charge in [-0.1, -0.05) is 23.9 Å². The lowest BCUT2D eigenvalue weighted by molar-refractivity contribution is -0.132. The van der Waals surface area contributed by atoms with Crippen molar-refractivity contribution in [3.63, 3.8) is 0 Å². The number of hydrogen-bond acceptors (Lipinski definition) is 4. The van der Waals surface area contributed by atoms with E-state index in [1.807, 2.05) is 35.9 Å². The van der Waals surface area contributed by atoms with Crippen LogP contribution >= 0.6 is 11.8 Å². The smallest absolute Gasteiger partial charge is 0.233 e. The van der Waals surface area contributed by atoms with Crippen LogP contribution < -0.4 is 5.73 Å². The van der Waals surface area contributed by atoms with Gasteiger partial charge in [-0.05, 0) is 25.0 Å². The molecule has 7 heteroatoms. The van der Waals surface area contributed by atoms with Gasteiger partial charge in [-0.2, -0.15) is 0 Å². The Hall–Kier alpha value is -2.02. The van der Waals surface area contributed by atoms with Crippen LogP contribution in [0.1, 0.15) is 12.8 Å². The maximum atomic E-state index is 12.4. The number of hydrogen-bond donors (Lipinski definition) is 1. The molecule has 122 valence electrons. The molecule has 1 aromatic heterocycles. The highest BCUT2D eigenvalue weighted by Gasteiger charge is 2.27. The standard InChI is InChI=1S/C16H20N4O2S/c1-19-13-7-3-2-6-12(13)18-16(19)23-10-14(21)20-8-4-5-11(9-20)15(17)22/h2-3,6-7,11H,4-5,8-10H2,1H3,(H2,17,22). The van der Waals surface area contributed by atoms with Crippen molar-refractivity contribution in [2.75, 3.05) is 18.8 Å². The van der Waals surface area contributed by atoms with Crippen molar-refractivity contribution in [1.82, 2.24) is 14.5 Å². The van der Waals surface area contributed by atoms with Gasteiger partial charge in [0.1, 0.15) is 0 Å². The van der Waals surface area contributed by atoms with Crippen LogP contribution in [-0.4, -0.2) is 45.1 Å². The number of nitrogens with zero attached hydrogens (tertiary/aromatic N) is 3. The van der Waals surface area contributed by atoms with Crippen molar-refractivity contribution in [1.29, 1.82) is 0 Å². The van der Waals surface area contributed by atoms with Crippen LogP contribution in [0.2, 0.25) is 0 Å². The fourth-order valence-corrected chi connectivity index (χ4v) is 3.80. The molecule has 0 bridgehead atoms. The number of likely N-dealkylation sites (tertiary alicyclic amines) is 1. The van der Waals surface area contributed by atoms with E-state index in [1.54, 1.807) is 4.90 Å². The molecule has 1 unspecified atom stereocenters. The highest BCUT2D eigenvalue weighted by Crippen LogP contribution is 2.24. The topological polar surface area (TPSA) is 81.2 Å². The first-order chi connectivity index (χ1) is 11.1. The lowest BCUT2D eigenvalue weighted by Gasteiger charge is -2.31. The largest absolute Gasteiger partial charge is 0.369 e. The van der Waals surface area contributed by atoms with Crippen LogP contribution in [0.3, 0.4) is 0 Å². The third kappa shape index (κ3) is 3.34. The summed E-state index contributed by atoms with van der Waals surface area (Å²) in [6.07, 6.45) is 1.60. The fourth-order valence-electron chi connectivity index (χ4n) is 2.91. The Morgan fingerprint density at radius 2 is 2.17 bits per heavy atom. The molecule has 1 saturated heterocycles. The number of imidazole rings is 1. The summed E-state index contributed by atoms with van der Waals surface area (Å²) in [5.74, 6) is -0.171. The molecule has 0 radical (unpaired) electrons. The fraction of sp³-hybridized carbons (Fsp3) is 0.438. The van der Waals surface area contributed by atoms with E-state index in [0.29, 0.717) is 18.8 Å². The van der Waals surface area contributed by atoms with Gasteiger partial charge in [0.2, 0.25) is 11.8 Å². The number of thioether (sulfide) groups is 1. The van der Waals surface area contributed by atoms with Crippen molar-refractivity contribution in [3.8, 4) is 0 Å². The summed E-state index contributed by atoms with van der Waals surface area (Å²) in [7, 11) is 1.95. The van der Waals surface area contributed by atoms with Crippen LogP contribution in [0.25, 0.3) is 11.0 Å². The minimum absolute atomic E-state index is 0.0352. The van der Waals surface area contributed by atoms with Crippen molar-refractivity contribution in [3.05, 3.63) is 24.3 Å². The number of amides is 2. The van der Waals surface area contributed by atoms with Crippen LogP contribution in [-0.2, 0) is 16.6 Å². The van der Waals surface area contributed by atoms with E-state index in [9.17, 15) is 9.59 Å². The summed E-state index contributed by atoms with van der Waals surface area (Å²) in [5, 5.41) is 0.822. The SMILES string of the molecule is Cn1c(SCC(=O)N2CCCC(C(N)=O)C2)nc2ccccc21. The van der Waals surface area contributed by atoms with Gasteiger partial charge in [-0.3, -0.25) is 9.59 Å². The molecular weight excluding hydrogens is 312 g/mol. The zero-order valence-electron chi connectivity index (χ0n) is 13.1. The van der Waals surface area contributed by atoms with Crippen molar-refractivity contribution < 1.29 is 9.59 Å². The molecule has 2 aromatic rings. The maximum Gasteiger partial charge on any atom is 0.233 e. The quantitative estimate of drug-likeness (QED) is 0.858. The Kier molecular flexibility index (Phi) is 4.56. The van der Waals surface area contributed by atoms with Crippen molar-refractivity contribution in [2.45, 2.75) is 18.0 Å². The molecule has 1 aliphatic heterocycles. The summed E-state index contributed by atoms with van der Waals surface area (Å²) < 4.78 is 2.00. The summed E-state index contributed by atoms with van der Waals surface area (Å²) in [6.45, 7) is 1.14. The summed E-state index contributed by atoms with van der Waals surface area (Å²) in [5.41, 5.74) is 7.34. The molecule has 3 rings (SSSR count). The number of rotatable bonds is 4. The number of aromatic nitrogens is 2. The van der Waals surface area contributed by atoms with Gasteiger partial charge in [0.25, 0.3) is 0 Å². The second-order valence-electron chi connectivity index (χ2n) is 5.81. The average Bonchev–Trinajstić information content (AvgIpc) is 2.89. The number of benzene rings is 1. The number of para-hydroxylation sites is 2. The average molecular weight is 332 g/mol. The van der Waals surface area contributed by atoms with Gasteiger partial charge in [0.15, 0.2) is 5.16 Å². The predicted octanol–water partition coefficient (Wildman–Crippen LogP) is 1.39. The lowest BCUT2D eigenvalue weighted by Crippen LogP contribution is -2.44. The molecule has 1 atom stereocenters. The first-order valence-electron chi connectivity index (χ1n) is 7.67. The van der Waals surface area contributed by atoms with Gasteiger partial charge in [0.05, 0.1) is 22.7 Å². The van der Waals surface area contributed by atoms with Gasteiger partial charge >= 0.3 is 0 Å². The second kappa shape index (κ2) is 6.62. The molecule has 6 nitrogen and oxygen atoms in total. The molecule has 1 aromatic carbocycles. The van der Waals surface area contributed by atoms with E-state index in [2.05, 4.69) is 4.98 Å². The normalized spacial score (nSPS) is 18.3. The van der Waals surface area contributed by atoms with E-state index in [0.717, 1.165) is 29.0 Å². The van der Waals surface area contributed by atoms with E-state index in [1.165, 1.54) is 11.8 Å². The van der Waals surface area contributed by atoms with Gasteiger partial charge in [-0.15, -0.1) is 0 Å². The number of primary amides is 1. The van der Waals surface area contributed by atoms with Gasteiger partial charge in [0, 0.05) is 20.1 Å². The third-order valence-electron chi connectivity index (χ3n) is 4.25. The monoisotopic (exact) mass is 332 g/mol.